The molecule has 0 atom stereocenters. The first kappa shape index (κ1) is 8.66. The average molecular weight is 192 g/mol. The first-order valence-electron chi connectivity index (χ1n) is 4.32. The smallest absolute Gasteiger partial charge is 0.0357 e. The van der Waals surface area contributed by atoms with Crippen molar-refractivity contribution >= 4 is 18.0 Å². The lowest BCUT2D eigenvalue weighted by atomic mass is 10.1. The number of hydrogen-bond donors (Lipinski definition) is 2. The van der Waals surface area contributed by atoms with Crippen molar-refractivity contribution in [3.63, 3.8) is 0 Å². The van der Waals surface area contributed by atoms with Gasteiger partial charge in [-0.3, -0.25) is 0 Å². The van der Waals surface area contributed by atoms with E-state index in [9.17, 15) is 0 Å². The van der Waals surface area contributed by atoms with Gasteiger partial charge in [0.2, 0.25) is 0 Å². The summed E-state index contributed by atoms with van der Waals surface area (Å²) in [6.07, 6.45) is 3.08. The molecule has 0 amide bonds. The molecule has 1 heterocycles. The van der Waals surface area contributed by atoms with Gasteiger partial charge in [-0.15, -0.1) is 0 Å². The second kappa shape index (κ2) is 3.85. The van der Waals surface area contributed by atoms with Crippen LogP contribution in [0.3, 0.4) is 0 Å². The Kier molecular flexibility index (Phi) is 2.57. The minimum atomic E-state index is 0.696. The minimum Gasteiger partial charge on any atom is -0.330 e. The van der Waals surface area contributed by atoms with Crippen LogP contribution in [-0.4, -0.2) is 6.54 Å². The third kappa shape index (κ3) is 1.87. The summed E-state index contributed by atoms with van der Waals surface area (Å²) >= 11 is 1.66. The fraction of sp³-hybridized carbons (Fsp3) is 0.200. The summed E-state index contributed by atoms with van der Waals surface area (Å²) in [5.74, 6) is 0. The largest absolute Gasteiger partial charge is 0.330 e. The summed E-state index contributed by atoms with van der Waals surface area (Å²) in [5.41, 5.74) is 7.99. The fourth-order valence-electron chi connectivity index (χ4n) is 1.31. The summed E-state index contributed by atoms with van der Waals surface area (Å²) in [7, 11) is 0. The Hall–Kier alpha value is -0.930. The SMILES string of the molecule is NCCC1=Cc2ccccc2SN1. The Morgan fingerprint density at radius 2 is 2.15 bits per heavy atom. The molecule has 0 fully saturated rings. The van der Waals surface area contributed by atoms with Gasteiger partial charge in [0.15, 0.2) is 0 Å². The van der Waals surface area contributed by atoms with E-state index in [4.69, 9.17) is 5.73 Å². The van der Waals surface area contributed by atoms with E-state index in [2.05, 4.69) is 35.1 Å². The number of fused-ring (bicyclic) bond motifs is 1. The molecule has 1 aliphatic rings. The van der Waals surface area contributed by atoms with E-state index in [-0.39, 0.29) is 0 Å². The molecule has 0 saturated carbocycles. The van der Waals surface area contributed by atoms with Gasteiger partial charge in [-0.05, 0) is 36.2 Å². The van der Waals surface area contributed by atoms with E-state index in [1.165, 1.54) is 16.2 Å². The molecule has 0 bridgehead atoms. The topological polar surface area (TPSA) is 38.0 Å². The minimum absolute atomic E-state index is 0.696. The monoisotopic (exact) mass is 192 g/mol. The summed E-state index contributed by atoms with van der Waals surface area (Å²) in [4.78, 5) is 1.28. The van der Waals surface area contributed by atoms with E-state index >= 15 is 0 Å². The van der Waals surface area contributed by atoms with E-state index in [1.54, 1.807) is 11.9 Å². The molecule has 3 heteroatoms. The molecule has 0 aliphatic carbocycles. The van der Waals surface area contributed by atoms with Crippen molar-refractivity contribution in [1.82, 2.24) is 4.72 Å². The molecule has 0 aromatic heterocycles. The summed E-state index contributed by atoms with van der Waals surface area (Å²) in [6.45, 7) is 0.696. The summed E-state index contributed by atoms with van der Waals surface area (Å²) < 4.78 is 3.27. The number of rotatable bonds is 2. The summed E-state index contributed by atoms with van der Waals surface area (Å²) in [6, 6.07) is 8.35. The van der Waals surface area contributed by atoms with Crippen molar-refractivity contribution in [2.24, 2.45) is 5.73 Å². The number of benzene rings is 1. The molecule has 0 spiro atoms. The molecular formula is C10H12N2S. The Bertz CT molecular complexity index is 333. The van der Waals surface area contributed by atoms with Gasteiger partial charge in [0.1, 0.15) is 0 Å². The predicted molar refractivity (Wildman–Crippen MR) is 57.1 cm³/mol. The molecule has 0 unspecified atom stereocenters. The van der Waals surface area contributed by atoms with Crippen LogP contribution in [0.4, 0.5) is 0 Å². The molecule has 1 aromatic carbocycles. The van der Waals surface area contributed by atoms with Crippen LogP contribution in [0.15, 0.2) is 34.9 Å². The summed E-state index contributed by atoms with van der Waals surface area (Å²) in [5, 5.41) is 0. The van der Waals surface area contributed by atoms with Gasteiger partial charge in [-0.2, -0.15) is 0 Å². The highest BCUT2D eigenvalue weighted by Crippen LogP contribution is 2.28. The maximum atomic E-state index is 5.49. The lowest BCUT2D eigenvalue weighted by molar-refractivity contribution is 0.915. The third-order valence-corrected chi connectivity index (χ3v) is 2.91. The standard InChI is InChI=1S/C10H12N2S/c11-6-5-9-7-8-3-1-2-4-10(8)13-12-9/h1-4,7,12H,5-6,11H2. The van der Waals surface area contributed by atoms with E-state index in [0.717, 1.165) is 6.42 Å². The van der Waals surface area contributed by atoms with Crippen LogP contribution in [0.1, 0.15) is 12.0 Å². The number of nitrogens with two attached hydrogens (primary N) is 1. The van der Waals surface area contributed by atoms with Crippen molar-refractivity contribution in [3.8, 4) is 0 Å². The Labute approximate surface area is 82.3 Å². The molecule has 0 saturated heterocycles. The lowest BCUT2D eigenvalue weighted by Gasteiger charge is -2.16. The maximum absolute atomic E-state index is 5.49. The van der Waals surface area contributed by atoms with Crippen LogP contribution in [0.25, 0.3) is 6.08 Å². The molecule has 2 rings (SSSR count). The molecule has 68 valence electrons. The highest BCUT2D eigenvalue weighted by molar-refractivity contribution is 7.97. The molecule has 2 nitrogen and oxygen atoms in total. The molecule has 1 aliphatic heterocycles. The highest BCUT2D eigenvalue weighted by Gasteiger charge is 2.08. The van der Waals surface area contributed by atoms with Crippen LogP contribution in [0, 0.1) is 0 Å². The van der Waals surface area contributed by atoms with Crippen molar-refractivity contribution < 1.29 is 0 Å². The first-order chi connectivity index (χ1) is 6.40. The van der Waals surface area contributed by atoms with Crippen LogP contribution in [0.5, 0.6) is 0 Å². The van der Waals surface area contributed by atoms with Crippen molar-refractivity contribution in [2.75, 3.05) is 6.54 Å². The zero-order valence-electron chi connectivity index (χ0n) is 7.29. The number of nitrogens with one attached hydrogen (secondary N) is 1. The van der Waals surface area contributed by atoms with Gasteiger partial charge < -0.3 is 10.5 Å². The Morgan fingerprint density at radius 3 is 3.00 bits per heavy atom. The van der Waals surface area contributed by atoms with Crippen LogP contribution >= 0.6 is 11.9 Å². The molecule has 1 aromatic rings. The Balaban J connectivity index is 2.28. The number of hydrogen-bond acceptors (Lipinski definition) is 3. The second-order valence-electron chi connectivity index (χ2n) is 2.95. The zero-order chi connectivity index (χ0) is 9.10. The van der Waals surface area contributed by atoms with E-state index < -0.39 is 0 Å². The van der Waals surface area contributed by atoms with Crippen molar-refractivity contribution in [1.29, 1.82) is 0 Å². The van der Waals surface area contributed by atoms with Gasteiger partial charge in [-0.1, -0.05) is 18.2 Å². The van der Waals surface area contributed by atoms with E-state index in [1.807, 2.05) is 0 Å². The third-order valence-electron chi connectivity index (χ3n) is 1.95. The van der Waals surface area contributed by atoms with Gasteiger partial charge in [-0.25, -0.2) is 0 Å². The van der Waals surface area contributed by atoms with Crippen LogP contribution < -0.4 is 10.5 Å². The van der Waals surface area contributed by atoms with Gasteiger partial charge in [0.05, 0.1) is 0 Å². The second-order valence-corrected chi connectivity index (χ2v) is 3.80. The quantitative estimate of drug-likeness (QED) is 0.704. The molecule has 13 heavy (non-hydrogen) atoms. The highest BCUT2D eigenvalue weighted by atomic mass is 32.2. The van der Waals surface area contributed by atoms with Gasteiger partial charge in [0.25, 0.3) is 0 Å². The van der Waals surface area contributed by atoms with Crippen LogP contribution in [0.2, 0.25) is 0 Å². The van der Waals surface area contributed by atoms with Crippen LogP contribution in [-0.2, 0) is 0 Å². The van der Waals surface area contributed by atoms with Crippen molar-refractivity contribution in [3.05, 3.63) is 35.5 Å². The molecule has 0 radical (unpaired) electrons. The molecule has 3 N–H and O–H groups in total. The average Bonchev–Trinajstić information content (AvgIpc) is 2.18. The van der Waals surface area contributed by atoms with E-state index in [0.29, 0.717) is 6.54 Å². The molecular weight excluding hydrogens is 180 g/mol. The van der Waals surface area contributed by atoms with Crippen molar-refractivity contribution in [2.45, 2.75) is 11.3 Å². The predicted octanol–water partition coefficient (Wildman–Crippen LogP) is 1.99. The fourth-order valence-corrected chi connectivity index (χ4v) is 2.10. The Morgan fingerprint density at radius 1 is 1.31 bits per heavy atom. The zero-order valence-corrected chi connectivity index (χ0v) is 8.10. The maximum Gasteiger partial charge on any atom is 0.0357 e. The van der Waals surface area contributed by atoms with Gasteiger partial charge in [0, 0.05) is 17.0 Å². The lowest BCUT2D eigenvalue weighted by Crippen LogP contribution is -2.12. The first-order valence-corrected chi connectivity index (χ1v) is 5.14. The van der Waals surface area contributed by atoms with Gasteiger partial charge >= 0.3 is 0 Å². The normalized spacial score (nSPS) is 14.4.